The van der Waals surface area contributed by atoms with Crippen LogP contribution in [0.5, 0.6) is 0 Å². The van der Waals surface area contributed by atoms with E-state index in [4.69, 9.17) is 10.5 Å². The maximum atomic E-state index is 12.2. The highest BCUT2D eigenvalue weighted by atomic mass is 32.1. The predicted molar refractivity (Wildman–Crippen MR) is 91.6 cm³/mol. The molecule has 0 bridgehead atoms. The monoisotopic (exact) mass is 332 g/mol. The van der Waals surface area contributed by atoms with Gasteiger partial charge >= 0.3 is 0 Å². The zero-order valence-corrected chi connectivity index (χ0v) is 13.6. The van der Waals surface area contributed by atoms with Gasteiger partial charge in [0.1, 0.15) is 10.7 Å². The fourth-order valence-electron chi connectivity index (χ4n) is 2.43. The van der Waals surface area contributed by atoms with Gasteiger partial charge in [-0.15, -0.1) is 11.3 Å². The summed E-state index contributed by atoms with van der Waals surface area (Å²) in [4.78, 5) is 18.8. The van der Waals surface area contributed by atoms with E-state index in [0.717, 1.165) is 43.4 Å². The minimum atomic E-state index is -0.135. The van der Waals surface area contributed by atoms with Crippen molar-refractivity contribution in [1.29, 1.82) is 0 Å². The second-order valence-corrected chi connectivity index (χ2v) is 6.23. The number of nitrogens with two attached hydrogens (primary N) is 1. The minimum absolute atomic E-state index is 0.135. The zero-order chi connectivity index (χ0) is 16.1. The van der Waals surface area contributed by atoms with E-state index in [2.05, 4.69) is 15.2 Å². The van der Waals surface area contributed by atoms with Crippen LogP contribution in [-0.2, 0) is 4.74 Å². The molecule has 23 heavy (non-hydrogen) atoms. The van der Waals surface area contributed by atoms with E-state index in [9.17, 15) is 4.79 Å². The Bertz CT molecular complexity index is 668. The molecule has 122 valence electrons. The third kappa shape index (κ3) is 4.28. The summed E-state index contributed by atoms with van der Waals surface area (Å²) in [6, 6.07) is 7.51. The van der Waals surface area contributed by atoms with E-state index in [1.165, 1.54) is 11.3 Å². The summed E-state index contributed by atoms with van der Waals surface area (Å²) in [5.74, 6) is -0.135. The zero-order valence-electron chi connectivity index (χ0n) is 12.8. The smallest absolute Gasteiger partial charge is 0.270 e. The maximum Gasteiger partial charge on any atom is 0.270 e. The van der Waals surface area contributed by atoms with Gasteiger partial charge in [0.25, 0.3) is 5.91 Å². The first-order valence-electron chi connectivity index (χ1n) is 7.62. The number of carbonyl (C=O) groups excluding carboxylic acids is 1. The van der Waals surface area contributed by atoms with Crippen molar-refractivity contribution in [3.8, 4) is 10.6 Å². The van der Waals surface area contributed by atoms with Crippen molar-refractivity contribution < 1.29 is 9.53 Å². The van der Waals surface area contributed by atoms with Crippen LogP contribution in [0, 0.1) is 0 Å². The van der Waals surface area contributed by atoms with Gasteiger partial charge in [-0.3, -0.25) is 9.69 Å². The van der Waals surface area contributed by atoms with Crippen molar-refractivity contribution >= 4 is 22.9 Å². The Balaban J connectivity index is 1.54. The fourth-order valence-corrected chi connectivity index (χ4v) is 3.22. The van der Waals surface area contributed by atoms with E-state index < -0.39 is 0 Å². The first-order valence-corrected chi connectivity index (χ1v) is 8.50. The van der Waals surface area contributed by atoms with Crippen LogP contribution in [-0.4, -0.2) is 55.2 Å². The molecule has 1 saturated heterocycles. The second kappa shape index (κ2) is 7.54. The van der Waals surface area contributed by atoms with Gasteiger partial charge in [0.05, 0.1) is 13.2 Å². The number of thiazole rings is 1. The Morgan fingerprint density at radius 2 is 2.22 bits per heavy atom. The number of ether oxygens (including phenoxy) is 1. The van der Waals surface area contributed by atoms with Crippen LogP contribution in [0.2, 0.25) is 0 Å². The van der Waals surface area contributed by atoms with Crippen LogP contribution in [0.25, 0.3) is 10.6 Å². The Labute approximate surface area is 139 Å². The molecular formula is C16H20N4O2S. The number of anilines is 1. The van der Waals surface area contributed by atoms with Crippen molar-refractivity contribution in [2.75, 3.05) is 45.1 Å². The first kappa shape index (κ1) is 15.9. The molecule has 0 atom stereocenters. The third-order valence-corrected chi connectivity index (χ3v) is 4.58. The Morgan fingerprint density at radius 1 is 1.39 bits per heavy atom. The van der Waals surface area contributed by atoms with Crippen molar-refractivity contribution in [3.63, 3.8) is 0 Å². The molecule has 3 rings (SSSR count). The van der Waals surface area contributed by atoms with Crippen LogP contribution in [0.15, 0.2) is 29.6 Å². The maximum absolute atomic E-state index is 12.2. The highest BCUT2D eigenvalue weighted by Gasteiger charge is 2.13. The largest absolute Gasteiger partial charge is 0.399 e. The summed E-state index contributed by atoms with van der Waals surface area (Å²) >= 11 is 1.45. The molecule has 0 radical (unpaired) electrons. The number of nitrogens with zero attached hydrogens (tertiary/aromatic N) is 2. The molecule has 1 aliphatic heterocycles. The number of hydrogen-bond acceptors (Lipinski definition) is 6. The molecule has 1 aromatic heterocycles. The van der Waals surface area contributed by atoms with Gasteiger partial charge in [-0.1, -0.05) is 12.1 Å². The topological polar surface area (TPSA) is 80.5 Å². The van der Waals surface area contributed by atoms with Gasteiger partial charge in [-0.05, 0) is 12.1 Å². The van der Waals surface area contributed by atoms with Crippen LogP contribution in [0.4, 0.5) is 5.69 Å². The first-order chi connectivity index (χ1) is 11.2. The molecule has 1 aliphatic rings. The van der Waals surface area contributed by atoms with Gasteiger partial charge in [-0.2, -0.15) is 0 Å². The number of nitrogen functional groups attached to an aromatic ring is 1. The summed E-state index contributed by atoms with van der Waals surface area (Å²) in [5, 5.41) is 5.50. The van der Waals surface area contributed by atoms with E-state index in [-0.39, 0.29) is 5.91 Å². The minimum Gasteiger partial charge on any atom is -0.399 e. The van der Waals surface area contributed by atoms with E-state index >= 15 is 0 Å². The number of amides is 1. The summed E-state index contributed by atoms with van der Waals surface area (Å²) < 4.78 is 5.30. The lowest BCUT2D eigenvalue weighted by molar-refractivity contribution is 0.0383. The Hall–Kier alpha value is -1.96. The fraction of sp³-hybridized carbons (Fsp3) is 0.375. The van der Waals surface area contributed by atoms with Gasteiger partial charge in [0.15, 0.2) is 0 Å². The molecule has 0 aliphatic carbocycles. The molecule has 7 heteroatoms. The molecule has 2 aromatic rings. The van der Waals surface area contributed by atoms with Gasteiger partial charge in [0.2, 0.25) is 0 Å². The standard InChI is InChI=1S/C16H20N4O2S/c17-13-3-1-2-12(10-13)16-19-14(11-23-16)15(21)18-4-5-20-6-8-22-9-7-20/h1-3,10-11H,4-9,17H2,(H,18,21). The predicted octanol–water partition coefficient (Wildman–Crippen LogP) is 1.45. The van der Waals surface area contributed by atoms with E-state index in [1.807, 2.05) is 24.3 Å². The summed E-state index contributed by atoms with van der Waals surface area (Å²) in [5.41, 5.74) is 7.86. The number of nitrogens with one attached hydrogen (secondary N) is 1. The molecule has 0 unspecified atom stereocenters. The summed E-state index contributed by atoms with van der Waals surface area (Å²) in [7, 11) is 0. The third-order valence-electron chi connectivity index (χ3n) is 3.69. The quantitative estimate of drug-likeness (QED) is 0.810. The molecule has 1 aromatic carbocycles. The summed E-state index contributed by atoms with van der Waals surface area (Å²) in [6.07, 6.45) is 0. The van der Waals surface area contributed by atoms with Crippen molar-refractivity contribution in [3.05, 3.63) is 35.3 Å². The second-order valence-electron chi connectivity index (χ2n) is 5.37. The van der Waals surface area contributed by atoms with Crippen molar-refractivity contribution in [2.45, 2.75) is 0 Å². The van der Waals surface area contributed by atoms with Gasteiger partial charge in [0, 0.05) is 42.8 Å². The number of morpholine rings is 1. The van der Waals surface area contributed by atoms with E-state index in [1.54, 1.807) is 5.38 Å². The number of carbonyl (C=O) groups is 1. The average Bonchev–Trinajstić information content (AvgIpc) is 3.06. The summed E-state index contributed by atoms with van der Waals surface area (Å²) in [6.45, 7) is 4.83. The molecule has 3 N–H and O–H groups in total. The normalized spacial score (nSPS) is 15.5. The van der Waals surface area contributed by atoms with Crippen LogP contribution in [0.1, 0.15) is 10.5 Å². The van der Waals surface area contributed by atoms with Crippen LogP contribution >= 0.6 is 11.3 Å². The molecule has 1 amide bonds. The highest BCUT2D eigenvalue weighted by Crippen LogP contribution is 2.25. The molecule has 0 spiro atoms. The average molecular weight is 332 g/mol. The Kier molecular flexibility index (Phi) is 5.22. The van der Waals surface area contributed by atoms with Crippen LogP contribution < -0.4 is 11.1 Å². The molecule has 6 nitrogen and oxygen atoms in total. The van der Waals surface area contributed by atoms with E-state index in [0.29, 0.717) is 17.9 Å². The number of benzene rings is 1. The van der Waals surface area contributed by atoms with Crippen LogP contribution in [0.3, 0.4) is 0 Å². The van der Waals surface area contributed by atoms with Gasteiger partial charge < -0.3 is 15.8 Å². The van der Waals surface area contributed by atoms with Crippen molar-refractivity contribution in [1.82, 2.24) is 15.2 Å². The van der Waals surface area contributed by atoms with Gasteiger partial charge in [-0.25, -0.2) is 4.98 Å². The SMILES string of the molecule is Nc1cccc(-c2nc(C(=O)NCCN3CCOCC3)cs2)c1. The Morgan fingerprint density at radius 3 is 3.00 bits per heavy atom. The van der Waals surface area contributed by atoms with Crippen molar-refractivity contribution in [2.24, 2.45) is 0 Å². The number of hydrogen-bond donors (Lipinski definition) is 2. The molecule has 2 heterocycles. The molecule has 0 saturated carbocycles. The highest BCUT2D eigenvalue weighted by molar-refractivity contribution is 7.13. The lowest BCUT2D eigenvalue weighted by atomic mass is 10.2. The number of rotatable bonds is 5. The number of aromatic nitrogens is 1. The molecule has 1 fully saturated rings. The molecular weight excluding hydrogens is 312 g/mol. The lowest BCUT2D eigenvalue weighted by Gasteiger charge is -2.26. The lowest BCUT2D eigenvalue weighted by Crippen LogP contribution is -2.41.